The number of hydrogen-bond donors (Lipinski definition) is 7. The fourth-order valence-corrected chi connectivity index (χ4v) is 8.12. The number of nitro benzene ring substituents is 1. The summed E-state index contributed by atoms with van der Waals surface area (Å²) < 4.78 is 16.1. The van der Waals surface area contributed by atoms with Crippen LogP contribution in [-0.4, -0.2) is 124 Å². The standard InChI is InChI=1S/C52H61N11O15/c1-33(78-34(2)64)45(59-47(67)41(28-35-14-6-3-7-15-35)56-44(65)30-55-52(71)77-32-37-18-10-5-11-19-37)49(69)61-27-13-21-43(61)48(68)58-42(29-36-16-8-4-9-17-36)46(66)57-40(20-12-26-54-51(53)60-63(74)75)50(70)76-31-38-22-24-39(25-23-38)62(72)73/h3-11,14-19,22-25,33,40-43,45H,12-13,20-21,26-32H2,1-2H3,(H,55,71)(H,56,65)(H,57,66)(H,58,68)(H,59,67)(H3,53,54,60)/t33-,40+,41+,42+,43+,45+/m1/s1. The van der Waals surface area contributed by atoms with Gasteiger partial charge < -0.3 is 51.4 Å². The molecule has 6 atom stereocenters. The summed E-state index contributed by atoms with van der Waals surface area (Å²) in [5.41, 5.74) is 9.34. The first-order valence-electron chi connectivity index (χ1n) is 24.7. The molecule has 0 aliphatic carbocycles. The Morgan fingerprint density at radius 1 is 0.718 bits per heavy atom. The number of hydrogen-bond acceptors (Lipinski definition) is 16. The number of aliphatic imine (C=N–C) groups is 1. The summed E-state index contributed by atoms with van der Waals surface area (Å²) in [6.45, 7) is 1.34. The van der Waals surface area contributed by atoms with Crippen molar-refractivity contribution in [2.75, 3.05) is 19.6 Å². The Hall–Kier alpha value is -9.49. The SMILES string of the molecule is CC(=O)O[C@H](C)[C@H](NC(=O)[C@H](Cc1ccccc1)NC(=O)CNC(=O)OCc1ccccc1)C(=O)N1CCC[C@H]1C(=O)N[C@@H](Cc1ccccc1)C(=O)N[C@@H](CCCN=C(N)N[N+](=O)[O-])C(=O)OCc1ccc([N+](=O)[O-])cc1. The maximum absolute atomic E-state index is 14.7. The van der Waals surface area contributed by atoms with Crippen molar-refractivity contribution in [2.45, 2.75) is 102 Å². The number of nitro groups is 2. The van der Waals surface area contributed by atoms with Gasteiger partial charge >= 0.3 is 18.0 Å². The highest BCUT2D eigenvalue weighted by Gasteiger charge is 2.42. The summed E-state index contributed by atoms with van der Waals surface area (Å²) in [6.07, 6.45) is -2.12. The van der Waals surface area contributed by atoms with Gasteiger partial charge in [0.2, 0.25) is 29.5 Å². The first-order chi connectivity index (χ1) is 37.4. The maximum atomic E-state index is 14.7. The number of ether oxygens (including phenoxy) is 3. The zero-order valence-corrected chi connectivity index (χ0v) is 42.7. The number of esters is 2. The van der Waals surface area contributed by atoms with Crippen LogP contribution in [0.3, 0.4) is 0 Å². The number of nitrogens with one attached hydrogen (secondary N) is 6. The number of likely N-dealkylation sites (tertiary alicyclic amines) is 1. The molecule has 6 amide bonds. The van der Waals surface area contributed by atoms with Gasteiger partial charge in [-0.3, -0.25) is 38.9 Å². The number of nitrogens with two attached hydrogens (primary N) is 1. The first-order valence-corrected chi connectivity index (χ1v) is 24.7. The van der Waals surface area contributed by atoms with Crippen LogP contribution in [0.5, 0.6) is 0 Å². The molecule has 0 unspecified atom stereocenters. The fraction of sp³-hybridized carbons (Fsp3) is 0.365. The van der Waals surface area contributed by atoms with Crippen molar-refractivity contribution in [1.29, 1.82) is 0 Å². The number of alkyl carbamates (subject to hydrolysis) is 1. The van der Waals surface area contributed by atoms with Crippen LogP contribution < -0.4 is 37.7 Å². The van der Waals surface area contributed by atoms with Crippen LogP contribution in [0.4, 0.5) is 10.5 Å². The number of carbonyl (C=O) groups excluding carboxylic acids is 8. The molecule has 0 radical (unpaired) electrons. The minimum atomic E-state index is -1.62. The van der Waals surface area contributed by atoms with E-state index in [1.165, 1.54) is 36.1 Å². The molecule has 26 heteroatoms. The maximum Gasteiger partial charge on any atom is 0.407 e. The molecule has 0 spiro atoms. The molecule has 0 bridgehead atoms. The Kier molecular flexibility index (Phi) is 23.0. The monoisotopic (exact) mass is 1080 g/mol. The molecule has 0 saturated carbocycles. The lowest BCUT2D eigenvalue weighted by Gasteiger charge is -2.33. The molecule has 4 aromatic carbocycles. The second kappa shape index (κ2) is 30.2. The van der Waals surface area contributed by atoms with Gasteiger partial charge in [0.25, 0.3) is 11.6 Å². The van der Waals surface area contributed by atoms with E-state index in [9.17, 15) is 58.6 Å². The lowest BCUT2D eigenvalue weighted by molar-refractivity contribution is -0.525. The van der Waals surface area contributed by atoms with E-state index in [0.29, 0.717) is 28.7 Å². The summed E-state index contributed by atoms with van der Waals surface area (Å²) >= 11 is 0. The predicted molar refractivity (Wildman–Crippen MR) is 277 cm³/mol. The number of rotatable bonds is 27. The molecule has 1 aliphatic heterocycles. The summed E-state index contributed by atoms with van der Waals surface area (Å²) in [6, 6.07) is 24.2. The molecule has 1 heterocycles. The smallest absolute Gasteiger partial charge is 0.407 e. The zero-order chi connectivity index (χ0) is 56.6. The number of carbonyl (C=O) groups is 8. The van der Waals surface area contributed by atoms with Gasteiger partial charge in [0, 0.05) is 45.0 Å². The molecular weight excluding hydrogens is 1020 g/mol. The Labute approximate surface area is 447 Å². The lowest BCUT2D eigenvalue weighted by Crippen LogP contribution is -2.61. The molecule has 1 aliphatic rings. The number of guanidine groups is 1. The van der Waals surface area contributed by atoms with Gasteiger partial charge in [0.15, 0.2) is 5.03 Å². The lowest BCUT2D eigenvalue weighted by atomic mass is 10.0. The molecular formula is C52H61N11O15. The molecule has 5 rings (SSSR count). The van der Waals surface area contributed by atoms with Gasteiger partial charge in [-0.15, -0.1) is 0 Å². The number of hydrazine groups is 1. The third-order valence-corrected chi connectivity index (χ3v) is 11.9. The van der Waals surface area contributed by atoms with E-state index in [1.807, 2.05) is 0 Å². The molecule has 8 N–H and O–H groups in total. The largest absolute Gasteiger partial charge is 0.460 e. The molecule has 1 saturated heterocycles. The van der Waals surface area contributed by atoms with Crippen LogP contribution >= 0.6 is 0 Å². The van der Waals surface area contributed by atoms with Crippen molar-refractivity contribution in [2.24, 2.45) is 10.7 Å². The van der Waals surface area contributed by atoms with Gasteiger partial charge in [-0.25, -0.2) is 24.7 Å². The molecule has 0 aromatic heterocycles. The first kappa shape index (κ1) is 59.4. The Bertz CT molecular complexity index is 2750. The highest BCUT2D eigenvalue weighted by atomic mass is 16.7. The normalized spacial score (nSPS) is 14.9. The van der Waals surface area contributed by atoms with Gasteiger partial charge in [-0.05, 0) is 67.0 Å². The van der Waals surface area contributed by atoms with Gasteiger partial charge in [-0.2, -0.15) is 0 Å². The number of amides is 6. The Morgan fingerprint density at radius 2 is 1.27 bits per heavy atom. The van der Waals surface area contributed by atoms with Crippen LogP contribution in [0.1, 0.15) is 61.8 Å². The molecule has 78 heavy (non-hydrogen) atoms. The van der Waals surface area contributed by atoms with E-state index in [-0.39, 0.29) is 64.1 Å². The third-order valence-electron chi connectivity index (χ3n) is 11.9. The third kappa shape index (κ3) is 19.7. The highest BCUT2D eigenvalue weighted by molar-refractivity contribution is 5.97. The minimum absolute atomic E-state index is 0.00525. The highest BCUT2D eigenvalue weighted by Crippen LogP contribution is 2.22. The van der Waals surface area contributed by atoms with Crippen molar-refractivity contribution in [3.8, 4) is 0 Å². The zero-order valence-electron chi connectivity index (χ0n) is 42.7. The van der Waals surface area contributed by atoms with Crippen molar-refractivity contribution >= 4 is 59.2 Å². The predicted octanol–water partition coefficient (Wildman–Crippen LogP) is 1.81. The quantitative estimate of drug-likeness (QED) is 0.00851. The van der Waals surface area contributed by atoms with Crippen LogP contribution in [0, 0.1) is 20.2 Å². The van der Waals surface area contributed by atoms with E-state index in [0.717, 1.165) is 6.92 Å². The second-order valence-electron chi connectivity index (χ2n) is 17.8. The van der Waals surface area contributed by atoms with Crippen molar-refractivity contribution < 1.29 is 62.5 Å². The second-order valence-corrected chi connectivity index (χ2v) is 17.8. The molecule has 4 aromatic rings. The van der Waals surface area contributed by atoms with E-state index in [2.05, 4.69) is 31.6 Å². The number of benzene rings is 4. The van der Waals surface area contributed by atoms with Crippen LogP contribution in [0.25, 0.3) is 0 Å². The number of nitrogens with zero attached hydrogens (tertiary/aromatic N) is 4. The van der Waals surface area contributed by atoms with Gasteiger partial charge in [0.1, 0.15) is 56.1 Å². The fourth-order valence-electron chi connectivity index (χ4n) is 8.12. The Morgan fingerprint density at radius 3 is 1.85 bits per heavy atom. The minimum Gasteiger partial charge on any atom is -0.460 e. The van der Waals surface area contributed by atoms with E-state index in [4.69, 9.17) is 19.9 Å². The van der Waals surface area contributed by atoms with Crippen molar-refractivity contribution in [3.63, 3.8) is 0 Å². The van der Waals surface area contributed by atoms with E-state index < -0.39 is 106 Å². The van der Waals surface area contributed by atoms with E-state index >= 15 is 0 Å². The Balaban J connectivity index is 1.33. The summed E-state index contributed by atoms with van der Waals surface area (Å²) in [4.78, 5) is 136. The average molecular weight is 1080 g/mol. The molecule has 1 fully saturated rings. The topological polar surface area (TPSA) is 364 Å². The van der Waals surface area contributed by atoms with Gasteiger partial charge in [-0.1, -0.05) is 96.4 Å². The van der Waals surface area contributed by atoms with Gasteiger partial charge in [0.05, 0.1) is 4.92 Å². The van der Waals surface area contributed by atoms with Crippen molar-refractivity contribution in [3.05, 3.63) is 158 Å². The average Bonchev–Trinajstić information content (AvgIpc) is 3.93. The summed E-state index contributed by atoms with van der Waals surface area (Å²) in [7, 11) is 0. The van der Waals surface area contributed by atoms with Crippen LogP contribution in [-0.2, 0) is 73.8 Å². The number of non-ortho nitro benzene ring substituents is 1. The van der Waals surface area contributed by atoms with E-state index in [1.54, 1.807) is 96.4 Å². The summed E-state index contributed by atoms with van der Waals surface area (Å²) in [5.74, 6) is -6.37. The van der Waals surface area contributed by atoms with Crippen molar-refractivity contribution in [1.82, 2.24) is 36.9 Å². The van der Waals surface area contributed by atoms with Crippen LogP contribution in [0.15, 0.2) is 120 Å². The van der Waals surface area contributed by atoms with Crippen LogP contribution in [0.2, 0.25) is 0 Å². The molecule has 414 valence electrons. The molecule has 26 nitrogen and oxygen atoms in total. The summed E-state index contributed by atoms with van der Waals surface area (Å²) in [5, 5.41) is 34.0.